The molecule has 8 N–H and O–H groups in total. The molecule has 4 fully saturated rings. The van der Waals surface area contributed by atoms with E-state index in [9.17, 15) is 28.8 Å². The van der Waals surface area contributed by atoms with E-state index in [-0.39, 0.29) is 39.0 Å². The van der Waals surface area contributed by atoms with Crippen LogP contribution in [0.1, 0.15) is 68.6 Å². The SMILES string of the molecule is CC(N)[C@@H]1NC(=O)[C@H](Cc2c[nH]c3ccccc23)NC(=O)C2(CCCC2)NC(=O)[C@H](Cc2c[nH]c3ccccc23)NC(=O)[C@@H]2C[C@@H](OCc3ccccc3)CN2C(=O)[C@H]2CCCN2C1=O. The van der Waals surface area contributed by atoms with Gasteiger partial charge in [0.15, 0.2) is 0 Å². The van der Waals surface area contributed by atoms with Gasteiger partial charge in [0, 0.05) is 72.6 Å². The van der Waals surface area contributed by atoms with E-state index in [0.717, 1.165) is 38.5 Å². The number of carbonyl (C=O) groups is 6. The molecule has 340 valence electrons. The molecule has 1 spiro atoms. The largest absolute Gasteiger partial charge is 0.372 e. The van der Waals surface area contributed by atoms with Gasteiger partial charge in [-0.3, -0.25) is 28.8 Å². The van der Waals surface area contributed by atoms with Gasteiger partial charge in [-0.1, -0.05) is 79.6 Å². The van der Waals surface area contributed by atoms with Crippen LogP contribution in [0.5, 0.6) is 0 Å². The average Bonchev–Trinajstić information content (AvgIpc) is 4.18. The first-order chi connectivity index (χ1) is 31.5. The molecule has 0 bridgehead atoms. The lowest BCUT2D eigenvalue weighted by atomic mass is 9.93. The Kier molecular flexibility index (Phi) is 12.5. The van der Waals surface area contributed by atoms with Gasteiger partial charge in [-0.25, -0.2) is 0 Å². The molecule has 0 radical (unpaired) electrons. The highest BCUT2D eigenvalue weighted by Crippen LogP contribution is 2.32. The van der Waals surface area contributed by atoms with Gasteiger partial charge in [0.25, 0.3) is 0 Å². The van der Waals surface area contributed by atoms with Gasteiger partial charge in [-0.2, -0.15) is 0 Å². The molecule has 4 aliphatic rings. The topological polar surface area (TPSA) is 224 Å². The van der Waals surface area contributed by atoms with Gasteiger partial charge >= 0.3 is 0 Å². The number of rotatable bonds is 8. The summed E-state index contributed by atoms with van der Waals surface area (Å²) in [6, 6.07) is 18.4. The van der Waals surface area contributed by atoms with Gasteiger partial charge in [0.05, 0.1) is 12.7 Å². The van der Waals surface area contributed by atoms with Crippen LogP contribution in [0.3, 0.4) is 0 Å². The maximum atomic E-state index is 14.9. The summed E-state index contributed by atoms with van der Waals surface area (Å²) in [5.41, 5.74) is 9.22. The van der Waals surface area contributed by atoms with Crippen molar-refractivity contribution in [2.24, 2.45) is 5.73 Å². The van der Waals surface area contributed by atoms with Crippen LogP contribution in [0.25, 0.3) is 21.8 Å². The molecule has 1 unspecified atom stereocenters. The number of H-pyrrole nitrogens is 2. The minimum absolute atomic E-state index is 0.0550. The zero-order valence-electron chi connectivity index (χ0n) is 36.5. The van der Waals surface area contributed by atoms with Crippen molar-refractivity contribution in [2.75, 3.05) is 13.1 Å². The second-order valence-corrected chi connectivity index (χ2v) is 18.2. The zero-order valence-corrected chi connectivity index (χ0v) is 36.5. The maximum Gasteiger partial charge on any atom is 0.247 e. The fraction of sp³-hybridized carbons (Fsp3) is 0.429. The quantitative estimate of drug-likeness (QED) is 0.123. The van der Waals surface area contributed by atoms with Crippen molar-refractivity contribution in [1.82, 2.24) is 41.0 Å². The van der Waals surface area contributed by atoms with Crippen molar-refractivity contribution in [1.29, 1.82) is 0 Å². The van der Waals surface area contributed by atoms with Crippen molar-refractivity contribution < 1.29 is 33.5 Å². The molecule has 5 heterocycles. The number of hydrogen-bond donors (Lipinski definition) is 7. The number of nitrogens with two attached hydrogens (primary N) is 1. The van der Waals surface area contributed by atoms with Crippen molar-refractivity contribution in [3.05, 3.63) is 108 Å². The lowest BCUT2D eigenvalue weighted by Gasteiger charge is -2.36. The summed E-state index contributed by atoms with van der Waals surface area (Å²) in [6.45, 7) is 2.18. The highest BCUT2D eigenvalue weighted by atomic mass is 16.5. The monoisotopic (exact) mass is 883 g/mol. The maximum absolute atomic E-state index is 14.9. The number of amides is 6. The third-order valence-electron chi connectivity index (χ3n) is 13.8. The minimum Gasteiger partial charge on any atom is -0.372 e. The Hall–Kier alpha value is -6.52. The standard InChI is InChI=1S/C49H57N9O7/c1-29(50)42-47(63)57-21-11-18-40(57)46(62)58-27-33(65-28-30-12-3-2-4-13-30)24-41(58)45(61)53-39(23-32-26-52-37-17-8-6-15-35(32)37)44(60)56-49(19-9-10-20-49)48(64)54-38(43(59)55-42)22-31-25-51-36-16-7-5-14-34(31)36/h2-8,12-17,25-26,29,33,38-42,51-52H,9-11,18-24,27-28,50H2,1H3,(H,53,61)(H,54,64)(H,55,59)(H,56,60)/t29?,33-,38+,39+,40-,41+,42+/m1/s1. The van der Waals surface area contributed by atoms with Crippen molar-refractivity contribution >= 4 is 57.2 Å². The molecular weight excluding hydrogens is 827 g/mol. The Morgan fingerprint density at radius 2 is 1.31 bits per heavy atom. The molecule has 1 saturated carbocycles. The number of aromatic amines is 2. The first-order valence-corrected chi connectivity index (χ1v) is 22.8. The van der Waals surface area contributed by atoms with E-state index in [1.807, 2.05) is 85.1 Å². The number of hydrogen-bond acceptors (Lipinski definition) is 8. The molecule has 3 aliphatic heterocycles. The van der Waals surface area contributed by atoms with E-state index >= 15 is 0 Å². The molecular formula is C49H57N9O7. The Morgan fingerprint density at radius 1 is 0.692 bits per heavy atom. The van der Waals surface area contributed by atoms with Gasteiger partial charge in [0.1, 0.15) is 35.7 Å². The minimum atomic E-state index is -1.42. The first kappa shape index (κ1) is 43.7. The second kappa shape index (κ2) is 18.5. The average molecular weight is 884 g/mol. The van der Waals surface area contributed by atoms with Crippen LogP contribution in [0.2, 0.25) is 0 Å². The molecule has 7 atom stereocenters. The number of nitrogens with zero attached hydrogens (tertiary/aromatic N) is 2. The highest BCUT2D eigenvalue weighted by molar-refractivity contribution is 6.00. The molecule has 2 aromatic heterocycles. The molecule has 3 aromatic carbocycles. The molecule has 1 aliphatic carbocycles. The Labute approximate surface area is 376 Å². The summed E-state index contributed by atoms with van der Waals surface area (Å²) in [4.78, 5) is 98.2. The molecule has 16 nitrogen and oxygen atoms in total. The number of nitrogens with one attached hydrogen (secondary N) is 6. The van der Waals surface area contributed by atoms with E-state index in [2.05, 4.69) is 31.2 Å². The predicted octanol–water partition coefficient (Wildman–Crippen LogP) is 2.86. The summed E-state index contributed by atoms with van der Waals surface area (Å²) >= 11 is 0. The number of fused-ring (bicyclic) bond motifs is 4. The Bertz CT molecular complexity index is 2580. The third-order valence-corrected chi connectivity index (χ3v) is 13.8. The predicted molar refractivity (Wildman–Crippen MR) is 243 cm³/mol. The molecule has 9 rings (SSSR count). The molecule has 5 aromatic rings. The van der Waals surface area contributed by atoms with Crippen LogP contribution >= 0.6 is 0 Å². The number of benzene rings is 3. The smallest absolute Gasteiger partial charge is 0.247 e. The van der Waals surface area contributed by atoms with E-state index in [1.165, 1.54) is 9.80 Å². The third kappa shape index (κ3) is 8.97. The van der Waals surface area contributed by atoms with Crippen LogP contribution in [-0.2, 0) is 53.0 Å². The number of carbonyl (C=O) groups excluding carboxylic acids is 6. The van der Waals surface area contributed by atoms with Gasteiger partial charge in [-0.15, -0.1) is 0 Å². The number of ether oxygens (including phenoxy) is 1. The van der Waals surface area contributed by atoms with Crippen LogP contribution < -0.4 is 27.0 Å². The second-order valence-electron chi connectivity index (χ2n) is 18.2. The van der Waals surface area contributed by atoms with E-state index in [0.29, 0.717) is 38.5 Å². The van der Waals surface area contributed by atoms with Crippen LogP contribution in [0.4, 0.5) is 0 Å². The van der Waals surface area contributed by atoms with Gasteiger partial charge in [0.2, 0.25) is 35.4 Å². The van der Waals surface area contributed by atoms with Crippen LogP contribution in [-0.4, -0.2) is 116 Å². The summed E-state index contributed by atoms with van der Waals surface area (Å²) in [5, 5.41) is 13.7. The molecule has 65 heavy (non-hydrogen) atoms. The van der Waals surface area contributed by atoms with Crippen molar-refractivity contribution in [3.63, 3.8) is 0 Å². The first-order valence-electron chi connectivity index (χ1n) is 22.8. The van der Waals surface area contributed by atoms with Gasteiger partial charge < -0.3 is 51.5 Å². The Balaban J connectivity index is 1.10. The van der Waals surface area contributed by atoms with E-state index in [4.69, 9.17) is 10.5 Å². The highest BCUT2D eigenvalue weighted by Gasteiger charge is 2.49. The van der Waals surface area contributed by atoms with Crippen LogP contribution in [0, 0.1) is 0 Å². The zero-order chi connectivity index (χ0) is 45.2. The lowest BCUT2D eigenvalue weighted by molar-refractivity contribution is -0.148. The van der Waals surface area contributed by atoms with Crippen LogP contribution in [0.15, 0.2) is 91.3 Å². The normalized spacial score (nSPS) is 26.1. The van der Waals surface area contributed by atoms with E-state index < -0.39 is 83.3 Å². The molecule has 16 heteroatoms. The van der Waals surface area contributed by atoms with Crippen molar-refractivity contribution in [3.8, 4) is 0 Å². The molecule has 6 amide bonds. The van der Waals surface area contributed by atoms with Gasteiger partial charge in [-0.05, 0) is 61.4 Å². The lowest BCUT2D eigenvalue weighted by Crippen LogP contribution is -2.66. The molecule has 3 saturated heterocycles. The summed E-state index contributed by atoms with van der Waals surface area (Å²) in [7, 11) is 0. The summed E-state index contributed by atoms with van der Waals surface area (Å²) in [5.74, 6) is -3.26. The fourth-order valence-electron chi connectivity index (χ4n) is 10.3. The number of para-hydroxylation sites is 2. The summed E-state index contributed by atoms with van der Waals surface area (Å²) < 4.78 is 6.34. The fourth-order valence-corrected chi connectivity index (χ4v) is 10.3. The van der Waals surface area contributed by atoms with E-state index in [1.54, 1.807) is 13.1 Å². The van der Waals surface area contributed by atoms with Crippen molar-refractivity contribution in [2.45, 2.75) is 119 Å². The number of aromatic nitrogens is 2. The Morgan fingerprint density at radius 3 is 1.95 bits per heavy atom. The summed E-state index contributed by atoms with van der Waals surface area (Å²) in [6.07, 6.45) is 6.03.